The van der Waals surface area contributed by atoms with Crippen molar-refractivity contribution in [1.29, 1.82) is 5.26 Å². The summed E-state index contributed by atoms with van der Waals surface area (Å²) in [5, 5.41) is 10.1. The van der Waals surface area contributed by atoms with Gasteiger partial charge >= 0.3 is 0 Å². The van der Waals surface area contributed by atoms with Crippen LogP contribution in [0.5, 0.6) is 0 Å². The largest absolute Gasteiger partial charge is 0.382 e. The minimum atomic E-state index is -0.493. The number of para-hydroxylation sites is 1. The van der Waals surface area contributed by atoms with E-state index in [1.807, 2.05) is 13.0 Å². The molecule has 0 saturated carbocycles. The Labute approximate surface area is 172 Å². The van der Waals surface area contributed by atoms with Crippen LogP contribution in [0.2, 0.25) is 0 Å². The van der Waals surface area contributed by atoms with Crippen molar-refractivity contribution < 1.29 is 9.18 Å². The van der Waals surface area contributed by atoms with Crippen LogP contribution in [0, 0.1) is 17.1 Å². The van der Waals surface area contributed by atoms with Gasteiger partial charge in [-0.05, 0) is 31.9 Å². The summed E-state index contributed by atoms with van der Waals surface area (Å²) < 4.78 is 14.5. The average molecular weight is 405 g/mol. The summed E-state index contributed by atoms with van der Waals surface area (Å²) in [5.41, 5.74) is 6.41. The van der Waals surface area contributed by atoms with E-state index in [2.05, 4.69) is 15.0 Å². The number of nitriles is 1. The van der Waals surface area contributed by atoms with E-state index in [1.165, 1.54) is 12.4 Å². The third kappa shape index (κ3) is 3.26. The number of fused-ring (bicyclic) bond motifs is 1. The highest BCUT2D eigenvalue weighted by molar-refractivity contribution is 6.03. The summed E-state index contributed by atoms with van der Waals surface area (Å²) in [7, 11) is 0. The van der Waals surface area contributed by atoms with E-state index >= 15 is 0 Å². The summed E-state index contributed by atoms with van der Waals surface area (Å²) in [6.45, 7) is 3.49. The summed E-state index contributed by atoms with van der Waals surface area (Å²) in [6.07, 6.45) is 3.13. The van der Waals surface area contributed by atoms with Crippen molar-refractivity contribution in [3.63, 3.8) is 0 Å². The Balaban J connectivity index is 1.96. The number of hydrogen-bond acceptors (Lipinski definition) is 7. The van der Waals surface area contributed by atoms with Crippen molar-refractivity contribution in [1.82, 2.24) is 19.9 Å². The van der Waals surface area contributed by atoms with Crippen LogP contribution in [-0.4, -0.2) is 45.4 Å². The second-order valence-corrected chi connectivity index (χ2v) is 6.98. The fraction of sp³-hybridized carbons (Fsp3) is 0.286. The number of aromatic nitrogens is 3. The summed E-state index contributed by atoms with van der Waals surface area (Å²) in [4.78, 5) is 29.3. The molecule has 3 aromatic rings. The van der Waals surface area contributed by atoms with Gasteiger partial charge in [0.15, 0.2) is 5.82 Å². The number of rotatable bonds is 4. The summed E-state index contributed by atoms with van der Waals surface area (Å²) in [6, 6.07) is 8.29. The first-order valence-electron chi connectivity index (χ1n) is 9.71. The van der Waals surface area contributed by atoms with Crippen LogP contribution in [-0.2, 0) is 0 Å². The van der Waals surface area contributed by atoms with Gasteiger partial charge in [-0.15, -0.1) is 0 Å². The first kappa shape index (κ1) is 19.5. The van der Waals surface area contributed by atoms with Crippen molar-refractivity contribution in [3.8, 4) is 6.07 Å². The predicted octanol–water partition coefficient (Wildman–Crippen LogP) is 3.01. The molecule has 1 saturated heterocycles. The maximum absolute atomic E-state index is 14.5. The fourth-order valence-electron chi connectivity index (χ4n) is 3.71. The summed E-state index contributed by atoms with van der Waals surface area (Å²) in [5.74, 6) is -0.180. The second-order valence-electron chi connectivity index (χ2n) is 6.98. The zero-order valence-electron chi connectivity index (χ0n) is 16.5. The number of nitrogens with zero attached hydrogens (tertiary/aromatic N) is 6. The molecule has 1 amide bonds. The molecule has 0 radical (unpaired) electrons. The molecule has 0 atom stereocenters. The SMILES string of the molecule is CCN(c1nc2c(F)cccc2cc1C(=O)N1CCCC1)c1ncnc(N)c1C#N. The van der Waals surface area contributed by atoms with E-state index in [0.29, 0.717) is 30.6 Å². The van der Waals surface area contributed by atoms with Crippen molar-refractivity contribution in [2.75, 3.05) is 30.3 Å². The average Bonchev–Trinajstić information content (AvgIpc) is 3.29. The van der Waals surface area contributed by atoms with E-state index in [1.54, 1.807) is 28.0 Å². The molecule has 0 spiro atoms. The van der Waals surface area contributed by atoms with Crippen molar-refractivity contribution >= 4 is 34.3 Å². The highest BCUT2D eigenvalue weighted by atomic mass is 19.1. The summed E-state index contributed by atoms with van der Waals surface area (Å²) >= 11 is 0. The molecule has 1 aliphatic rings. The van der Waals surface area contributed by atoms with Crippen molar-refractivity contribution in [2.45, 2.75) is 19.8 Å². The number of carbonyl (C=O) groups excluding carboxylic acids is 1. The lowest BCUT2D eigenvalue weighted by Gasteiger charge is -2.26. The number of nitrogen functional groups attached to an aromatic ring is 1. The van der Waals surface area contributed by atoms with Crippen LogP contribution in [0.1, 0.15) is 35.7 Å². The van der Waals surface area contributed by atoms with Gasteiger partial charge in [0.25, 0.3) is 5.91 Å². The molecule has 1 aromatic carbocycles. The van der Waals surface area contributed by atoms with Gasteiger partial charge in [0.05, 0.1) is 5.56 Å². The standard InChI is InChI=1S/C21H20FN7O/c1-2-29(19-15(11-23)18(24)25-12-26-19)20-14(21(30)28-8-3-4-9-28)10-13-6-5-7-16(22)17(13)27-20/h5-7,10,12H,2-4,8-9H2,1H3,(H2,24,25,26). The third-order valence-corrected chi connectivity index (χ3v) is 5.20. The normalized spacial score (nSPS) is 13.4. The van der Waals surface area contributed by atoms with E-state index in [-0.39, 0.29) is 34.4 Å². The third-order valence-electron chi connectivity index (χ3n) is 5.20. The molecule has 30 heavy (non-hydrogen) atoms. The van der Waals surface area contributed by atoms with Crippen LogP contribution in [0.3, 0.4) is 0 Å². The van der Waals surface area contributed by atoms with Gasteiger partial charge in [0, 0.05) is 25.0 Å². The maximum atomic E-state index is 14.5. The molecule has 2 N–H and O–H groups in total. The molecule has 0 aliphatic carbocycles. The van der Waals surface area contributed by atoms with Gasteiger partial charge < -0.3 is 15.5 Å². The number of anilines is 3. The lowest BCUT2D eigenvalue weighted by atomic mass is 10.1. The lowest BCUT2D eigenvalue weighted by molar-refractivity contribution is 0.0793. The number of carbonyl (C=O) groups is 1. The fourth-order valence-corrected chi connectivity index (χ4v) is 3.71. The first-order valence-corrected chi connectivity index (χ1v) is 9.71. The molecule has 1 aliphatic heterocycles. The van der Waals surface area contributed by atoms with E-state index in [4.69, 9.17) is 5.73 Å². The Hall–Kier alpha value is -3.80. The number of likely N-dealkylation sites (tertiary alicyclic amines) is 1. The topological polar surface area (TPSA) is 112 Å². The van der Waals surface area contributed by atoms with Crippen molar-refractivity contribution in [3.05, 3.63) is 47.5 Å². The Morgan fingerprint density at radius 2 is 2.07 bits per heavy atom. The van der Waals surface area contributed by atoms with Gasteiger partial charge in [-0.3, -0.25) is 4.79 Å². The van der Waals surface area contributed by atoms with Gasteiger partial charge in [-0.2, -0.15) is 5.26 Å². The van der Waals surface area contributed by atoms with E-state index < -0.39 is 5.82 Å². The molecule has 3 heterocycles. The maximum Gasteiger partial charge on any atom is 0.257 e. The Bertz CT molecular complexity index is 1170. The van der Waals surface area contributed by atoms with Crippen LogP contribution >= 0.6 is 0 Å². The minimum absolute atomic E-state index is 0.0281. The zero-order valence-corrected chi connectivity index (χ0v) is 16.5. The number of nitrogens with two attached hydrogens (primary N) is 1. The lowest BCUT2D eigenvalue weighted by Crippen LogP contribution is -2.31. The Morgan fingerprint density at radius 1 is 1.30 bits per heavy atom. The van der Waals surface area contributed by atoms with E-state index in [0.717, 1.165) is 12.8 Å². The highest BCUT2D eigenvalue weighted by Gasteiger charge is 2.28. The van der Waals surface area contributed by atoms with Crippen molar-refractivity contribution in [2.24, 2.45) is 0 Å². The van der Waals surface area contributed by atoms with Crippen LogP contribution < -0.4 is 10.6 Å². The number of hydrogen-bond donors (Lipinski definition) is 1. The number of halogens is 1. The molecule has 2 aromatic heterocycles. The highest BCUT2D eigenvalue weighted by Crippen LogP contribution is 2.33. The molecular formula is C21H20FN7O. The van der Waals surface area contributed by atoms with Gasteiger partial charge in [0.2, 0.25) is 0 Å². The predicted molar refractivity (Wildman–Crippen MR) is 111 cm³/mol. The molecule has 9 heteroatoms. The molecule has 0 unspecified atom stereocenters. The number of benzene rings is 1. The smallest absolute Gasteiger partial charge is 0.257 e. The zero-order chi connectivity index (χ0) is 21.3. The quantitative estimate of drug-likeness (QED) is 0.710. The first-order chi connectivity index (χ1) is 14.5. The molecule has 8 nitrogen and oxygen atoms in total. The number of pyridine rings is 1. The monoisotopic (exact) mass is 405 g/mol. The molecular weight excluding hydrogens is 385 g/mol. The van der Waals surface area contributed by atoms with Gasteiger partial charge in [0.1, 0.15) is 40.9 Å². The Morgan fingerprint density at radius 3 is 2.77 bits per heavy atom. The molecule has 0 bridgehead atoms. The molecule has 152 valence electrons. The van der Waals surface area contributed by atoms with Gasteiger partial charge in [-0.1, -0.05) is 12.1 Å². The van der Waals surface area contributed by atoms with Gasteiger partial charge in [-0.25, -0.2) is 19.3 Å². The van der Waals surface area contributed by atoms with Crippen LogP contribution in [0.25, 0.3) is 10.9 Å². The molecule has 1 fully saturated rings. The number of amides is 1. The Kier molecular flexibility index (Phi) is 5.14. The van der Waals surface area contributed by atoms with Crippen LogP contribution in [0.4, 0.5) is 21.8 Å². The minimum Gasteiger partial charge on any atom is -0.382 e. The van der Waals surface area contributed by atoms with E-state index in [9.17, 15) is 14.4 Å². The second kappa shape index (κ2) is 7.91. The van der Waals surface area contributed by atoms with Crippen LogP contribution in [0.15, 0.2) is 30.6 Å². The molecule has 4 rings (SSSR count).